The molecule has 0 aliphatic carbocycles. The zero-order chi connectivity index (χ0) is 25.2. The number of nitriles is 1. The molecule has 1 aromatic heterocycles. The van der Waals surface area contributed by atoms with Crippen molar-refractivity contribution in [3.05, 3.63) is 64.2 Å². The summed E-state index contributed by atoms with van der Waals surface area (Å²) in [5.41, 5.74) is 1.02. The van der Waals surface area contributed by atoms with E-state index in [-0.39, 0.29) is 22.7 Å². The molecule has 1 atom stereocenters. The summed E-state index contributed by atoms with van der Waals surface area (Å²) in [6.45, 7) is 2.94. The Labute approximate surface area is 200 Å². The highest BCUT2D eigenvalue weighted by Gasteiger charge is 2.24. The summed E-state index contributed by atoms with van der Waals surface area (Å²) in [7, 11) is 1.57. The van der Waals surface area contributed by atoms with Gasteiger partial charge in [-0.25, -0.2) is 9.37 Å². The second-order valence-electron chi connectivity index (χ2n) is 8.50. The third-order valence-corrected chi connectivity index (χ3v) is 5.80. The van der Waals surface area contributed by atoms with Crippen LogP contribution in [0.15, 0.2) is 47.3 Å². The third kappa shape index (κ3) is 5.46. The molecule has 0 bridgehead atoms. The minimum Gasteiger partial charge on any atom is -0.433 e. The van der Waals surface area contributed by atoms with Gasteiger partial charge in [0.05, 0.1) is 17.0 Å². The molecule has 0 amide bonds. The van der Waals surface area contributed by atoms with Crippen LogP contribution < -0.4 is 20.9 Å². The molecular weight excluding hydrogens is 459 g/mol. The number of alkyl halides is 2. The first-order valence-corrected chi connectivity index (χ1v) is 11.1. The van der Waals surface area contributed by atoms with Crippen molar-refractivity contribution < 1.29 is 17.9 Å². The Bertz CT molecular complexity index is 1320. The van der Waals surface area contributed by atoms with Crippen LogP contribution in [0.1, 0.15) is 18.9 Å². The highest BCUT2D eigenvalue weighted by atomic mass is 19.3. The molecule has 1 aliphatic heterocycles. The lowest BCUT2D eigenvalue weighted by Crippen LogP contribution is -2.27. The second-order valence-corrected chi connectivity index (χ2v) is 8.50. The molecule has 4 rings (SSSR count). The van der Waals surface area contributed by atoms with Gasteiger partial charge in [-0.3, -0.25) is 4.79 Å². The fraction of sp³-hybridized carbons (Fsp3) is 0.320. The van der Waals surface area contributed by atoms with Gasteiger partial charge in [0.1, 0.15) is 17.6 Å². The van der Waals surface area contributed by atoms with Gasteiger partial charge in [-0.05, 0) is 61.8 Å². The Morgan fingerprint density at radius 2 is 1.97 bits per heavy atom. The quantitative estimate of drug-likeness (QED) is 0.525. The van der Waals surface area contributed by atoms with Crippen LogP contribution in [0.25, 0.3) is 22.5 Å². The number of halogens is 3. The van der Waals surface area contributed by atoms with Crippen molar-refractivity contribution >= 4 is 5.82 Å². The van der Waals surface area contributed by atoms with Crippen LogP contribution in [0.5, 0.6) is 5.75 Å². The van der Waals surface area contributed by atoms with E-state index < -0.39 is 11.9 Å². The molecule has 1 unspecified atom stereocenters. The number of rotatable bonds is 7. The minimum absolute atomic E-state index is 0.0476. The Morgan fingerprint density at radius 3 is 2.57 bits per heavy atom. The number of nitrogens with one attached hydrogen (secondary N) is 2. The van der Waals surface area contributed by atoms with Gasteiger partial charge in [0.2, 0.25) is 0 Å². The van der Waals surface area contributed by atoms with E-state index >= 15 is 0 Å². The second kappa shape index (κ2) is 9.80. The van der Waals surface area contributed by atoms with E-state index in [2.05, 4.69) is 20.4 Å². The van der Waals surface area contributed by atoms with Crippen LogP contribution in [-0.2, 0) is 7.05 Å². The van der Waals surface area contributed by atoms with E-state index in [9.17, 15) is 18.0 Å². The van der Waals surface area contributed by atoms with Crippen molar-refractivity contribution in [2.75, 3.05) is 25.0 Å². The van der Waals surface area contributed by atoms with Gasteiger partial charge >= 0.3 is 6.11 Å². The van der Waals surface area contributed by atoms with Crippen molar-refractivity contribution in [1.29, 1.82) is 5.26 Å². The maximum absolute atomic E-state index is 14.5. The molecule has 1 aliphatic rings. The molecular formula is C25H24F3N5O2. The summed E-state index contributed by atoms with van der Waals surface area (Å²) in [6.07, 6.45) is -2.37. The van der Waals surface area contributed by atoms with Crippen LogP contribution in [-0.4, -0.2) is 35.3 Å². The number of ether oxygens (including phenoxy) is 1. The van der Waals surface area contributed by atoms with Crippen molar-refractivity contribution in [2.45, 2.75) is 19.5 Å². The highest BCUT2D eigenvalue weighted by Crippen LogP contribution is 2.33. The molecule has 0 spiro atoms. The maximum Gasteiger partial charge on any atom is 0.394 e. The summed E-state index contributed by atoms with van der Waals surface area (Å²) in [6, 6.07) is 11.6. The van der Waals surface area contributed by atoms with Gasteiger partial charge in [0.15, 0.2) is 5.82 Å². The van der Waals surface area contributed by atoms with Crippen LogP contribution >= 0.6 is 0 Å². The molecule has 182 valence electrons. The number of benzene rings is 2. The third-order valence-electron chi connectivity index (χ3n) is 5.80. The SMILES string of the molecule is Cn1c(-c2ccc(OC(C)(F)F)cc2)c(-c2ccc(C#N)c(F)c2)nc(NCC2CCNC2)c1=O. The van der Waals surface area contributed by atoms with Gasteiger partial charge in [-0.1, -0.05) is 6.07 Å². The van der Waals surface area contributed by atoms with Crippen LogP contribution in [0.4, 0.5) is 19.0 Å². The lowest BCUT2D eigenvalue weighted by Gasteiger charge is -2.18. The summed E-state index contributed by atoms with van der Waals surface area (Å²) >= 11 is 0. The Morgan fingerprint density at radius 1 is 1.26 bits per heavy atom. The molecule has 2 N–H and O–H groups in total. The summed E-state index contributed by atoms with van der Waals surface area (Å²) in [5, 5.41) is 15.5. The highest BCUT2D eigenvalue weighted by molar-refractivity contribution is 5.79. The molecule has 2 heterocycles. The fourth-order valence-corrected chi connectivity index (χ4v) is 4.05. The van der Waals surface area contributed by atoms with E-state index in [4.69, 9.17) is 5.26 Å². The molecule has 7 nitrogen and oxygen atoms in total. The van der Waals surface area contributed by atoms with Crippen molar-refractivity contribution in [3.63, 3.8) is 0 Å². The first-order valence-electron chi connectivity index (χ1n) is 11.1. The smallest absolute Gasteiger partial charge is 0.394 e. The van der Waals surface area contributed by atoms with Crippen LogP contribution in [0.3, 0.4) is 0 Å². The monoisotopic (exact) mass is 483 g/mol. The standard InChI is InChI=1S/C25H24F3N5O2/c1-25(27,28)35-19-7-5-16(6-8-19)22-21(17-3-4-18(12-29)20(26)11-17)32-23(24(34)33(22)2)31-14-15-9-10-30-13-15/h3-8,11,15,30H,9-10,13-14H2,1-2H3,(H,31,32). The Hall–Kier alpha value is -3.84. The normalized spacial score (nSPS) is 15.6. The zero-order valence-corrected chi connectivity index (χ0v) is 19.2. The molecule has 0 radical (unpaired) electrons. The van der Waals surface area contributed by atoms with E-state index in [0.29, 0.717) is 41.9 Å². The molecule has 2 aromatic carbocycles. The average Bonchev–Trinajstić information content (AvgIpc) is 3.33. The van der Waals surface area contributed by atoms with Crippen molar-refractivity contribution in [1.82, 2.24) is 14.9 Å². The van der Waals surface area contributed by atoms with Crippen molar-refractivity contribution in [2.24, 2.45) is 13.0 Å². The first-order chi connectivity index (χ1) is 16.7. The van der Waals surface area contributed by atoms with Gasteiger partial charge < -0.3 is 19.9 Å². The molecule has 1 saturated heterocycles. The zero-order valence-electron chi connectivity index (χ0n) is 19.2. The number of nitrogens with zero attached hydrogens (tertiary/aromatic N) is 3. The summed E-state index contributed by atoms with van der Waals surface area (Å²) < 4.78 is 46.9. The summed E-state index contributed by atoms with van der Waals surface area (Å²) in [5.74, 6) is -0.296. The predicted octanol–water partition coefficient (Wildman–Crippen LogP) is 4.14. The maximum atomic E-state index is 14.5. The average molecular weight is 483 g/mol. The lowest BCUT2D eigenvalue weighted by molar-refractivity contribution is -0.158. The number of anilines is 1. The van der Waals surface area contributed by atoms with Crippen LogP contribution in [0.2, 0.25) is 0 Å². The van der Waals surface area contributed by atoms with Gasteiger partial charge in [-0.15, -0.1) is 0 Å². The topological polar surface area (TPSA) is 92.0 Å². The van der Waals surface area contributed by atoms with Crippen molar-refractivity contribution in [3.8, 4) is 34.3 Å². The van der Waals surface area contributed by atoms with Gasteiger partial charge in [0, 0.05) is 31.6 Å². The largest absolute Gasteiger partial charge is 0.433 e. The Balaban J connectivity index is 1.81. The van der Waals surface area contributed by atoms with E-state index in [1.54, 1.807) is 19.2 Å². The van der Waals surface area contributed by atoms with Gasteiger partial charge in [0.25, 0.3) is 5.56 Å². The number of aromatic nitrogens is 2. The minimum atomic E-state index is -3.34. The fourth-order valence-electron chi connectivity index (χ4n) is 4.05. The Kier molecular flexibility index (Phi) is 6.80. The van der Waals surface area contributed by atoms with E-state index in [0.717, 1.165) is 19.5 Å². The summed E-state index contributed by atoms with van der Waals surface area (Å²) in [4.78, 5) is 17.7. The number of hydrogen-bond donors (Lipinski definition) is 2. The van der Waals surface area contributed by atoms with E-state index in [1.807, 2.05) is 0 Å². The van der Waals surface area contributed by atoms with Crippen LogP contribution in [0, 0.1) is 23.1 Å². The first kappa shape index (κ1) is 24.3. The van der Waals surface area contributed by atoms with E-state index in [1.165, 1.54) is 41.0 Å². The lowest BCUT2D eigenvalue weighted by atomic mass is 10.0. The molecule has 1 fully saturated rings. The van der Waals surface area contributed by atoms with Gasteiger partial charge in [-0.2, -0.15) is 14.0 Å². The molecule has 10 heteroatoms. The molecule has 0 saturated carbocycles. The number of hydrogen-bond acceptors (Lipinski definition) is 6. The molecule has 3 aromatic rings. The predicted molar refractivity (Wildman–Crippen MR) is 126 cm³/mol. The molecule has 35 heavy (non-hydrogen) atoms.